The first-order valence-corrected chi connectivity index (χ1v) is 9.49. The van der Waals surface area contributed by atoms with E-state index in [1.807, 2.05) is 18.2 Å². The Bertz CT molecular complexity index is 1100. The van der Waals surface area contributed by atoms with Crippen molar-refractivity contribution in [3.63, 3.8) is 0 Å². The molecule has 0 saturated carbocycles. The third kappa shape index (κ3) is 3.16. The van der Waals surface area contributed by atoms with Crippen LogP contribution in [0.3, 0.4) is 0 Å². The number of para-hydroxylation sites is 1. The van der Waals surface area contributed by atoms with Gasteiger partial charge >= 0.3 is 5.97 Å². The second-order valence-corrected chi connectivity index (χ2v) is 6.97. The molecule has 3 aromatic rings. The largest absolute Gasteiger partial charge is 0.493 e. The van der Waals surface area contributed by atoms with Gasteiger partial charge in [-0.15, -0.1) is 0 Å². The summed E-state index contributed by atoms with van der Waals surface area (Å²) in [4.78, 5) is 27.5. The van der Waals surface area contributed by atoms with Crippen LogP contribution in [0.2, 0.25) is 0 Å². The van der Waals surface area contributed by atoms with E-state index in [9.17, 15) is 14.7 Å². The standard InChI is InChI=1S/C24H21NO5/c1-29-19-13-12-15(14-20(19)30-2)22-21(24(27)28)17-10-6-7-11-18(17)23(26)25(22)16-8-4-3-5-9-16/h3-14,21-22H,1-2H3,(H,27,28)/t21-,22-/m1/s1. The number of benzene rings is 3. The van der Waals surface area contributed by atoms with Gasteiger partial charge in [0, 0.05) is 11.3 Å². The molecule has 1 heterocycles. The lowest BCUT2D eigenvalue weighted by Crippen LogP contribution is -2.45. The number of hydrogen-bond acceptors (Lipinski definition) is 4. The SMILES string of the molecule is COc1ccc([C@@H]2[C@H](C(=O)O)c3ccccc3C(=O)N2c2ccccc2)cc1OC. The predicted molar refractivity (Wildman–Crippen MR) is 112 cm³/mol. The summed E-state index contributed by atoms with van der Waals surface area (Å²) in [5.41, 5.74) is 2.17. The number of methoxy groups -OCH3 is 2. The van der Waals surface area contributed by atoms with Crippen LogP contribution in [0.1, 0.15) is 33.4 Å². The van der Waals surface area contributed by atoms with Crippen LogP contribution < -0.4 is 14.4 Å². The van der Waals surface area contributed by atoms with Gasteiger partial charge in [-0.3, -0.25) is 14.5 Å². The molecule has 3 aromatic carbocycles. The van der Waals surface area contributed by atoms with Crippen molar-refractivity contribution in [3.8, 4) is 11.5 Å². The zero-order valence-electron chi connectivity index (χ0n) is 16.6. The highest BCUT2D eigenvalue weighted by Gasteiger charge is 2.45. The highest BCUT2D eigenvalue weighted by atomic mass is 16.5. The number of fused-ring (bicyclic) bond motifs is 1. The van der Waals surface area contributed by atoms with Gasteiger partial charge in [0.15, 0.2) is 11.5 Å². The Morgan fingerprint density at radius 3 is 2.23 bits per heavy atom. The van der Waals surface area contributed by atoms with Crippen molar-refractivity contribution in [3.05, 3.63) is 89.5 Å². The Kier molecular flexibility index (Phi) is 5.14. The van der Waals surface area contributed by atoms with Gasteiger partial charge in [-0.25, -0.2) is 0 Å². The minimum Gasteiger partial charge on any atom is -0.493 e. The van der Waals surface area contributed by atoms with Crippen LogP contribution in [0.25, 0.3) is 0 Å². The first kappa shape index (κ1) is 19.5. The molecule has 1 amide bonds. The van der Waals surface area contributed by atoms with Crippen LogP contribution in [0.15, 0.2) is 72.8 Å². The van der Waals surface area contributed by atoms with E-state index in [2.05, 4.69) is 0 Å². The highest BCUT2D eigenvalue weighted by molar-refractivity contribution is 6.11. The zero-order valence-corrected chi connectivity index (χ0v) is 16.6. The van der Waals surface area contributed by atoms with E-state index in [-0.39, 0.29) is 5.91 Å². The Hall–Kier alpha value is -3.80. The van der Waals surface area contributed by atoms with E-state index in [1.165, 1.54) is 14.2 Å². The molecule has 0 bridgehead atoms. The number of carboxylic acids is 1. The third-order valence-corrected chi connectivity index (χ3v) is 5.39. The van der Waals surface area contributed by atoms with Crippen molar-refractivity contribution in [1.29, 1.82) is 0 Å². The van der Waals surface area contributed by atoms with Gasteiger partial charge in [0.05, 0.1) is 20.3 Å². The number of rotatable bonds is 5. The van der Waals surface area contributed by atoms with Gasteiger partial charge < -0.3 is 14.6 Å². The lowest BCUT2D eigenvalue weighted by molar-refractivity contribution is -0.139. The van der Waals surface area contributed by atoms with Gasteiger partial charge in [0.2, 0.25) is 0 Å². The Morgan fingerprint density at radius 1 is 0.900 bits per heavy atom. The van der Waals surface area contributed by atoms with Gasteiger partial charge in [-0.2, -0.15) is 0 Å². The summed E-state index contributed by atoms with van der Waals surface area (Å²) in [7, 11) is 3.06. The van der Waals surface area contributed by atoms with Gasteiger partial charge in [0.25, 0.3) is 5.91 Å². The maximum atomic E-state index is 13.5. The van der Waals surface area contributed by atoms with Crippen molar-refractivity contribution < 1.29 is 24.2 Å². The van der Waals surface area contributed by atoms with E-state index in [1.54, 1.807) is 59.5 Å². The molecule has 1 aliphatic rings. The first-order valence-electron chi connectivity index (χ1n) is 9.49. The van der Waals surface area contributed by atoms with Crippen molar-refractivity contribution in [2.45, 2.75) is 12.0 Å². The number of carboxylic acid groups (broad SMARTS) is 1. The molecule has 6 heteroatoms. The van der Waals surface area contributed by atoms with Crippen molar-refractivity contribution in [1.82, 2.24) is 0 Å². The zero-order chi connectivity index (χ0) is 21.3. The maximum Gasteiger partial charge on any atom is 0.313 e. The smallest absolute Gasteiger partial charge is 0.313 e. The molecule has 0 radical (unpaired) electrons. The summed E-state index contributed by atoms with van der Waals surface area (Å²) in [6, 6.07) is 20.5. The molecule has 2 atom stereocenters. The minimum atomic E-state index is -1.00. The summed E-state index contributed by atoms with van der Waals surface area (Å²) in [6.45, 7) is 0. The summed E-state index contributed by atoms with van der Waals surface area (Å²) >= 11 is 0. The van der Waals surface area contributed by atoms with Crippen LogP contribution in [0, 0.1) is 0 Å². The van der Waals surface area contributed by atoms with E-state index < -0.39 is 17.9 Å². The fourth-order valence-electron chi connectivity index (χ4n) is 4.05. The fraction of sp³-hybridized carbons (Fsp3) is 0.167. The molecule has 0 unspecified atom stereocenters. The molecular formula is C24H21NO5. The molecule has 6 nitrogen and oxygen atoms in total. The van der Waals surface area contributed by atoms with Gasteiger partial charge in [-0.1, -0.05) is 42.5 Å². The number of amides is 1. The van der Waals surface area contributed by atoms with Gasteiger partial charge in [0.1, 0.15) is 5.92 Å². The lowest BCUT2D eigenvalue weighted by Gasteiger charge is -2.41. The van der Waals surface area contributed by atoms with Crippen molar-refractivity contribution in [2.24, 2.45) is 0 Å². The van der Waals surface area contributed by atoms with E-state index in [0.717, 1.165) is 0 Å². The van der Waals surface area contributed by atoms with Crippen molar-refractivity contribution >= 4 is 17.6 Å². The quantitative estimate of drug-likeness (QED) is 0.688. The van der Waals surface area contributed by atoms with Gasteiger partial charge in [-0.05, 0) is 41.5 Å². The normalized spacial score (nSPS) is 17.9. The average molecular weight is 403 g/mol. The van der Waals surface area contributed by atoms with Crippen LogP contribution >= 0.6 is 0 Å². The molecule has 0 aliphatic carbocycles. The number of aliphatic carboxylic acids is 1. The summed E-state index contributed by atoms with van der Waals surface area (Å²) < 4.78 is 10.7. The van der Waals surface area contributed by atoms with Crippen molar-refractivity contribution in [2.75, 3.05) is 19.1 Å². The molecule has 152 valence electrons. The maximum absolute atomic E-state index is 13.5. The Morgan fingerprint density at radius 2 is 1.57 bits per heavy atom. The number of ether oxygens (including phenoxy) is 2. The fourth-order valence-corrected chi connectivity index (χ4v) is 4.05. The third-order valence-electron chi connectivity index (χ3n) is 5.39. The molecular weight excluding hydrogens is 382 g/mol. The Labute approximate surface area is 174 Å². The van der Waals surface area contributed by atoms with Crippen LogP contribution in [0.5, 0.6) is 11.5 Å². The van der Waals surface area contributed by atoms with E-state index in [4.69, 9.17) is 9.47 Å². The molecule has 30 heavy (non-hydrogen) atoms. The second-order valence-electron chi connectivity index (χ2n) is 6.97. The number of nitrogens with zero attached hydrogens (tertiary/aromatic N) is 1. The number of carbonyl (C=O) groups excluding carboxylic acids is 1. The molecule has 1 aliphatic heterocycles. The predicted octanol–water partition coefficient (Wildman–Crippen LogP) is 4.27. The molecule has 1 N–H and O–H groups in total. The molecule has 0 fully saturated rings. The minimum absolute atomic E-state index is 0.242. The number of carbonyl (C=O) groups is 2. The molecule has 0 aromatic heterocycles. The van der Waals surface area contributed by atoms with Crippen LogP contribution in [-0.2, 0) is 4.79 Å². The lowest BCUT2D eigenvalue weighted by atomic mass is 9.79. The molecule has 0 saturated heterocycles. The summed E-state index contributed by atoms with van der Waals surface area (Å²) in [6.07, 6.45) is 0. The Balaban J connectivity index is 1.98. The monoisotopic (exact) mass is 403 g/mol. The second kappa shape index (κ2) is 7.91. The van der Waals surface area contributed by atoms with Crippen LogP contribution in [0.4, 0.5) is 5.69 Å². The average Bonchev–Trinajstić information content (AvgIpc) is 2.78. The first-order chi connectivity index (χ1) is 14.6. The van der Waals surface area contributed by atoms with E-state index in [0.29, 0.717) is 33.9 Å². The summed E-state index contributed by atoms with van der Waals surface area (Å²) in [5, 5.41) is 10.2. The van der Waals surface area contributed by atoms with E-state index >= 15 is 0 Å². The number of anilines is 1. The topological polar surface area (TPSA) is 76.1 Å². The molecule has 4 rings (SSSR count). The summed E-state index contributed by atoms with van der Waals surface area (Å²) in [5.74, 6) is -1.19. The molecule has 0 spiro atoms. The van der Waals surface area contributed by atoms with Crippen LogP contribution in [-0.4, -0.2) is 31.2 Å². The highest BCUT2D eigenvalue weighted by Crippen LogP contribution is 2.46. The number of hydrogen-bond donors (Lipinski definition) is 1.